The number of nitrogens with two attached hydrogens (primary N) is 1. The van der Waals surface area contributed by atoms with Crippen LogP contribution < -0.4 is 5.73 Å². The molecule has 1 unspecified atom stereocenters. The molecular formula is C13H18N4O2S. The van der Waals surface area contributed by atoms with Gasteiger partial charge in [0.1, 0.15) is 5.82 Å². The number of aromatic nitrogens is 2. The average molecular weight is 294 g/mol. The van der Waals surface area contributed by atoms with Crippen LogP contribution in [0.25, 0.3) is 11.0 Å². The van der Waals surface area contributed by atoms with E-state index in [1.807, 2.05) is 30.1 Å². The Labute approximate surface area is 117 Å². The van der Waals surface area contributed by atoms with Crippen LogP contribution in [0.1, 0.15) is 12.2 Å². The van der Waals surface area contributed by atoms with Gasteiger partial charge in [0.2, 0.25) is 0 Å². The van der Waals surface area contributed by atoms with Gasteiger partial charge in [-0.25, -0.2) is 13.4 Å². The lowest BCUT2D eigenvalue weighted by molar-refractivity contribution is 0.249. The van der Waals surface area contributed by atoms with Crippen LogP contribution in [0.2, 0.25) is 0 Å². The Morgan fingerprint density at radius 1 is 1.50 bits per heavy atom. The lowest BCUT2D eigenvalue weighted by atomic mass is 10.2. The zero-order chi connectivity index (χ0) is 14.3. The van der Waals surface area contributed by atoms with E-state index in [4.69, 9.17) is 5.73 Å². The van der Waals surface area contributed by atoms with Gasteiger partial charge in [0.25, 0.3) is 0 Å². The number of nitrogens with one attached hydrogen (secondary N) is 1. The van der Waals surface area contributed by atoms with Crippen molar-refractivity contribution in [3.63, 3.8) is 0 Å². The molecule has 108 valence electrons. The van der Waals surface area contributed by atoms with E-state index in [0.29, 0.717) is 24.4 Å². The first kappa shape index (κ1) is 13.4. The van der Waals surface area contributed by atoms with Crippen molar-refractivity contribution < 1.29 is 8.42 Å². The summed E-state index contributed by atoms with van der Waals surface area (Å²) < 4.78 is 23.0. The summed E-state index contributed by atoms with van der Waals surface area (Å²) in [7, 11) is -0.914. The molecule has 0 spiro atoms. The number of nitrogens with zero attached hydrogens (tertiary/aromatic N) is 2. The van der Waals surface area contributed by atoms with Crippen molar-refractivity contribution in [2.45, 2.75) is 19.0 Å². The minimum Gasteiger partial charge on any atom is -0.399 e. The highest BCUT2D eigenvalue weighted by Gasteiger charge is 2.30. The molecular weight excluding hydrogens is 276 g/mol. The highest BCUT2D eigenvalue weighted by atomic mass is 32.2. The summed E-state index contributed by atoms with van der Waals surface area (Å²) in [5.74, 6) is 1.37. The molecule has 0 saturated carbocycles. The largest absolute Gasteiger partial charge is 0.399 e. The average Bonchev–Trinajstić information content (AvgIpc) is 2.91. The van der Waals surface area contributed by atoms with Gasteiger partial charge in [-0.2, -0.15) is 0 Å². The second-order valence-electron chi connectivity index (χ2n) is 5.43. The Balaban J connectivity index is 1.76. The molecule has 7 heteroatoms. The van der Waals surface area contributed by atoms with Gasteiger partial charge >= 0.3 is 0 Å². The van der Waals surface area contributed by atoms with Gasteiger partial charge in [-0.1, -0.05) is 0 Å². The van der Waals surface area contributed by atoms with E-state index >= 15 is 0 Å². The van der Waals surface area contributed by atoms with Gasteiger partial charge < -0.3 is 10.7 Å². The fourth-order valence-corrected chi connectivity index (χ4v) is 4.45. The Morgan fingerprint density at radius 3 is 3.00 bits per heavy atom. The number of benzene rings is 1. The SMILES string of the molecule is CN(Cc1nc2ccc(N)cc2[nH]1)C1CCS(=O)(=O)C1. The molecule has 3 N–H and O–H groups in total. The predicted octanol–water partition coefficient (Wildman–Crippen LogP) is 0.764. The molecule has 0 amide bonds. The summed E-state index contributed by atoms with van der Waals surface area (Å²) in [5.41, 5.74) is 8.22. The number of fused-ring (bicyclic) bond motifs is 1. The summed E-state index contributed by atoms with van der Waals surface area (Å²) in [5, 5.41) is 0. The fourth-order valence-electron chi connectivity index (χ4n) is 2.64. The van der Waals surface area contributed by atoms with Gasteiger partial charge in [-0.05, 0) is 31.7 Å². The lowest BCUT2D eigenvalue weighted by Crippen LogP contribution is -2.32. The first-order chi connectivity index (χ1) is 9.43. The number of aromatic amines is 1. The predicted molar refractivity (Wildman–Crippen MR) is 79.0 cm³/mol. The molecule has 2 aromatic rings. The summed E-state index contributed by atoms with van der Waals surface area (Å²) in [6.45, 7) is 0.606. The smallest absolute Gasteiger partial charge is 0.151 e. The maximum atomic E-state index is 11.5. The standard InChI is InChI=1S/C13H18N4O2S/c1-17(10-4-5-20(18,19)8-10)7-13-15-11-3-2-9(14)6-12(11)16-13/h2-3,6,10H,4-5,7-8,14H2,1H3,(H,15,16). The zero-order valence-electron chi connectivity index (χ0n) is 11.3. The van der Waals surface area contributed by atoms with Crippen LogP contribution in [0.4, 0.5) is 5.69 Å². The minimum absolute atomic E-state index is 0.0817. The van der Waals surface area contributed by atoms with Crippen LogP contribution in [0.15, 0.2) is 18.2 Å². The highest BCUT2D eigenvalue weighted by molar-refractivity contribution is 7.91. The molecule has 6 nitrogen and oxygen atoms in total. The van der Waals surface area contributed by atoms with Crippen LogP contribution in [0.3, 0.4) is 0 Å². The van der Waals surface area contributed by atoms with Crippen LogP contribution in [-0.2, 0) is 16.4 Å². The van der Waals surface area contributed by atoms with Crippen molar-refractivity contribution in [3.05, 3.63) is 24.0 Å². The van der Waals surface area contributed by atoms with Crippen molar-refractivity contribution in [2.24, 2.45) is 0 Å². The molecule has 1 aromatic heterocycles. The van der Waals surface area contributed by atoms with Gasteiger partial charge in [0, 0.05) is 11.7 Å². The molecule has 0 radical (unpaired) electrons. The Hall–Kier alpha value is -1.60. The maximum Gasteiger partial charge on any atom is 0.151 e. The van der Waals surface area contributed by atoms with Crippen molar-refractivity contribution >= 4 is 26.6 Å². The van der Waals surface area contributed by atoms with Crippen LogP contribution >= 0.6 is 0 Å². The van der Waals surface area contributed by atoms with Crippen molar-refractivity contribution in [3.8, 4) is 0 Å². The van der Waals surface area contributed by atoms with E-state index in [0.717, 1.165) is 16.9 Å². The van der Waals surface area contributed by atoms with E-state index in [2.05, 4.69) is 9.97 Å². The number of hydrogen-bond acceptors (Lipinski definition) is 5. The number of H-pyrrole nitrogens is 1. The normalized spacial score (nSPS) is 21.8. The number of sulfone groups is 1. The molecule has 0 aliphatic carbocycles. The minimum atomic E-state index is -2.85. The van der Waals surface area contributed by atoms with Gasteiger partial charge in [-0.15, -0.1) is 0 Å². The summed E-state index contributed by atoms with van der Waals surface area (Å²) in [6.07, 6.45) is 0.700. The van der Waals surface area contributed by atoms with E-state index in [9.17, 15) is 8.42 Å². The molecule has 1 aromatic carbocycles. The van der Waals surface area contributed by atoms with Crippen molar-refractivity contribution in [1.29, 1.82) is 0 Å². The third kappa shape index (κ3) is 2.64. The second kappa shape index (κ2) is 4.75. The van der Waals surface area contributed by atoms with Crippen LogP contribution in [-0.4, -0.2) is 47.9 Å². The summed E-state index contributed by atoms with van der Waals surface area (Å²) in [4.78, 5) is 9.78. The molecule has 2 heterocycles. The summed E-state index contributed by atoms with van der Waals surface area (Å²) >= 11 is 0. The van der Waals surface area contributed by atoms with E-state index in [1.165, 1.54) is 0 Å². The molecule has 1 fully saturated rings. The van der Waals surface area contributed by atoms with E-state index in [1.54, 1.807) is 0 Å². The molecule has 1 aliphatic rings. The maximum absolute atomic E-state index is 11.5. The Bertz CT molecular complexity index is 738. The van der Waals surface area contributed by atoms with Crippen molar-refractivity contribution in [2.75, 3.05) is 24.3 Å². The number of hydrogen-bond donors (Lipinski definition) is 2. The fraction of sp³-hybridized carbons (Fsp3) is 0.462. The Kier molecular flexibility index (Phi) is 3.18. The van der Waals surface area contributed by atoms with Gasteiger partial charge in [-0.3, -0.25) is 4.90 Å². The van der Waals surface area contributed by atoms with Crippen LogP contribution in [0, 0.1) is 0 Å². The zero-order valence-corrected chi connectivity index (χ0v) is 12.2. The third-order valence-corrected chi connectivity index (χ3v) is 5.54. The van der Waals surface area contributed by atoms with Gasteiger partial charge in [0.05, 0.1) is 29.1 Å². The second-order valence-corrected chi connectivity index (χ2v) is 7.66. The quantitative estimate of drug-likeness (QED) is 0.816. The molecule has 20 heavy (non-hydrogen) atoms. The molecule has 0 bridgehead atoms. The van der Waals surface area contributed by atoms with Crippen LogP contribution in [0.5, 0.6) is 0 Å². The van der Waals surface area contributed by atoms with E-state index in [-0.39, 0.29) is 11.8 Å². The highest BCUT2D eigenvalue weighted by Crippen LogP contribution is 2.19. The first-order valence-electron chi connectivity index (χ1n) is 6.58. The summed E-state index contributed by atoms with van der Waals surface area (Å²) in [6, 6.07) is 5.63. The molecule has 1 saturated heterocycles. The number of rotatable bonds is 3. The van der Waals surface area contributed by atoms with Gasteiger partial charge in [0.15, 0.2) is 9.84 Å². The third-order valence-electron chi connectivity index (χ3n) is 3.79. The monoisotopic (exact) mass is 294 g/mol. The number of nitrogen functional groups attached to an aromatic ring is 1. The molecule has 1 atom stereocenters. The molecule has 1 aliphatic heterocycles. The topological polar surface area (TPSA) is 92.1 Å². The first-order valence-corrected chi connectivity index (χ1v) is 8.40. The Morgan fingerprint density at radius 2 is 2.30 bits per heavy atom. The number of anilines is 1. The molecule has 3 rings (SSSR count). The van der Waals surface area contributed by atoms with E-state index < -0.39 is 9.84 Å². The number of imidazole rings is 1. The lowest BCUT2D eigenvalue weighted by Gasteiger charge is -2.21. The van der Waals surface area contributed by atoms with Crippen molar-refractivity contribution in [1.82, 2.24) is 14.9 Å².